The standard InChI is InChI=1S/C16H22N2OS/c1-12-5-2-3-6-13(12)17-9-8-16-18-14(11-20-16)15-7-4-10-19-15/h4,7,10-13,17H,2-3,5-6,8-9H2,1H3. The van der Waals surface area contributed by atoms with E-state index in [4.69, 9.17) is 4.42 Å². The van der Waals surface area contributed by atoms with Crippen LogP contribution in [-0.4, -0.2) is 17.6 Å². The Morgan fingerprint density at radius 2 is 2.30 bits per heavy atom. The van der Waals surface area contributed by atoms with Gasteiger partial charge in [0, 0.05) is 24.4 Å². The third-order valence-electron chi connectivity index (χ3n) is 4.18. The predicted octanol–water partition coefficient (Wildman–Crippen LogP) is 4.11. The molecule has 0 saturated heterocycles. The maximum absolute atomic E-state index is 5.38. The summed E-state index contributed by atoms with van der Waals surface area (Å²) < 4.78 is 5.38. The lowest BCUT2D eigenvalue weighted by Gasteiger charge is -2.29. The molecule has 0 amide bonds. The number of rotatable bonds is 5. The van der Waals surface area contributed by atoms with E-state index in [1.165, 1.54) is 30.7 Å². The van der Waals surface area contributed by atoms with Crippen LogP contribution in [0, 0.1) is 5.92 Å². The van der Waals surface area contributed by atoms with Crippen LogP contribution in [0.3, 0.4) is 0 Å². The molecule has 1 N–H and O–H groups in total. The summed E-state index contributed by atoms with van der Waals surface area (Å²) in [6.45, 7) is 3.40. The molecule has 0 aliphatic heterocycles. The zero-order valence-electron chi connectivity index (χ0n) is 12.0. The van der Waals surface area contributed by atoms with E-state index in [1.807, 2.05) is 12.1 Å². The van der Waals surface area contributed by atoms with Gasteiger partial charge in [-0.05, 0) is 30.9 Å². The maximum Gasteiger partial charge on any atom is 0.153 e. The monoisotopic (exact) mass is 290 g/mol. The second kappa shape index (κ2) is 6.55. The van der Waals surface area contributed by atoms with Crippen LogP contribution < -0.4 is 5.32 Å². The largest absolute Gasteiger partial charge is 0.463 e. The minimum atomic E-state index is 0.702. The van der Waals surface area contributed by atoms with Crippen LogP contribution in [0.15, 0.2) is 28.2 Å². The molecule has 0 radical (unpaired) electrons. The number of nitrogens with zero attached hydrogens (tertiary/aromatic N) is 1. The average Bonchev–Trinajstić information content (AvgIpc) is 3.11. The highest BCUT2D eigenvalue weighted by atomic mass is 32.1. The van der Waals surface area contributed by atoms with Crippen molar-refractivity contribution in [1.82, 2.24) is 10.3 Å². The van der Waals surface area contributed by atoms with Gasteiger partial charge in [-0.1, -0.05) is 19.8 Å². The molecule has 3 nitrogen and oxygen atoms in total. The third-order valence-corrected chi connectivity index (χ3v) is 5.09. The van der Waals surface area contributed by atoms with E-state index in [1.54, 1.807) is 17.6 Å². The summed E-state index contributed by atoms with van der Waals surface area (Å²) >= 11 is 1.72. The molecule has 2 heterocycles. The fraction of sp³-hybridized carbons (Fsp3) is 0.562. The molecular weight excluding hydrogens is 268 g/mol. The predicted molar refractivity (Wildman–Crippen MR) is 82.9 cm³/mol. The van der Waals surface area contributed by atoms with Gasteiger partial charge in [0.05, 0.1) is 11.3 Å². The highest BCUT2D eigenvalue weighted by Crippen LogP contribution is 2.24. The first kappa shape index (κ1) is 13.8. The normalized spacial score (nSPS) is 23.1. The number of furan rings is 1. The summed E-state index contributed by atoms with van der Waals surface area (Å²) in [5.74, 6) is 1.68. The minimum Gasteiger partial charge on any atom is -0.463 e. The fourth-order valence-corrected chi connectivity index (χ4v) is 3.73. The molecule has 3 rings (SSSR count). The first-order valence-corrected chi connectivity index (χ1v) is 8.42. The molecule has 20 heavy (non-hydrogen) atoms. The van der Waals surface area contributed by atoms with Crippen molar-refractivity contribution in [3.8, 4) is 11.5 Å². The molecule has 1 aliphatic carbocycles. The molecule has 0 bridgehead atoms. The highest BCUT2D eigenvalue weighted by Gasteiger charge is 2.20. The van der Waals surface area contributed by atoms with Crippen molar-refractivity contribution in [2.75, 3.05) is 6.54 Å². The van der Waals surface area contributed by atoms with Crippen molar-refractivity contribution in [2.45, 2.75) is 45.1 Å². The van der Waals surface area contributed by atoms with E-state index in [9.17, 15) is 0 Å². The molecule has 2 unspecified atom stereocenters. The Balaban J connectivity index is 1.49. The molecule has 0 spiro atoms. The van der Waals surface area contributed by atoms with Crippen molar-refractivity contribution in [3.63, 3.8) is 0 Å². The molecule has 0 aromatic carbocycles. The van der Waals surface area contributed by atoms with Crippen LogP contribution in [0.1, 0.15) is 37.6 Å². The van der Waals surface area contributed by atoms with E-state index in [0.717, 1.165) is 30.3 Å². The van der Waals surface area contributed by atoms with Gasteiger partial charge < -0.3 is 9.73 Å². The fourth-order valence-electron chi connectivity index (χ4n) is 2.95. The van der Waals surface area contributed by atoms with Gasteiger partial charge in [-0.15, -0.1) is 11.3 Å². The maximum atomic E-state index is 5.38. The molecule has 2 aromatic rings. The van der Waals surface area contributed by atoms with E-state index >= 15 is 0 Å². The Morgan fingerprint density at radius 3 is 3.10 bits per heavy atom. The van der Waals surface area contributed by atoms with Gasteiger partial charge in [-0.3, -0.25) is 0 Å². The lowest BCUT2D eigenvalue weighted by Crippen LogP contribution is -2.38. The zero-order valence-corrected chi connectivity index (χ0v) is 12.8. The number of nitrogens with one attached hydrogen (secondary N) is 1. The molecule has 4 heteroatoms. The topological polar surface area (TPSA) is 38.1 Å². The molecule has 2 aromatic heterocycles. The third kappa shape index (κ3) is 3.30. The SMILES string of the molecule is CC1CCCCC1NCCc1nc(-c2ccco2)cs1. The van der Waals surface area contributed by atoms with Crippen LogP contribution in [0.4, 0.5) is 0 Å². The molecule has 1 saturated carbocycles. The van der Waals surface area contributed by atoms with E-state index < -0.39 is 0 Å². The highest BCUT2D eigenvalue weighted by molar-refractivity contribution is 7.09. The molecular formula is C16H22N2OS. The van der Waals surface area contributed by atoms with Crippen LogP contribution in [-0.2, 0) is 6.42 Å². The Kier molecular flexibility index (Phi) is 4.53. The summed E-state index contributed by atoms with van der Waals surface area (Å²) in [7, 11) is 0. The molecule has 1 fully saturated rings. The van der Waals surface area contributed by atoms with Gasteiger partial charge in [0.25, 0.3) is 0 Å². The van der Waals surface area contributed by atoms with Crippen molar-refractivity contribution < 1.29 is 4.42 Å². The van der Waals surface area contributed by atoms with Crippen molar-refractivity contribution in [2.24, 2.45) is 5.92 Å². The number of hydrogen-bond donors (Lipinski definition) is 1. The summed E-state index contributed by atoms with van der Waals surface area (Å²) in [5, 5.41) is 6.98. The molecule has 2 atom stereocenters. The van der Waals surface area contributed by atoms with E-state index in [2.05, 4.69) is 22.6 Å². The lowest BCUT2D eigenvalue weighted by atomic mass is 9.86. The van der Waals surface area contributed by atoms with Crippen LogP contribution >= 0.6 is 11.3 Å². The second-order valence-corrected chi connectivity index (χ2v) is 6.62. The average molecular weight is 290 g/mol. The minimum absolute atomic E-state index is 0.702. The quantitative estimate of drug-likeness (QED) is 0.900. The molecule has 1 aliphatic rings. The number of aromatic nitrogens is 1. The number of hydrogen-bond acceptors (Lipinski definition) is 4. The van der Waals surface area contributed by atoms with Gasteiger partial charge in [0.1, 0.15) is 5.69 Å². The van der Waals surface area contributed by atoms with E-state index in [0.29, 0.717) is 6.04 Å². The Bertz CT molecular complexity index is 520. The Morgan fingerprint density at radius 1 is 1.40 bits per heavy atom. The molecule has 108 valence electrons. The van der Waals surface area contributed by atoms with Gasteiger partial charge in [0.15, 0.2) is 5.76 Å². The van der Waals surface area contributed by atoms with Crippen molar-refractivity contribution in [3.05, 3.63) is 28.8 Å². The first-order valence-electron chi connectivity index (χ1n) is 7.54. The Hall–Kier alpha value is -1.13. The lowest BCUT2D eigenvalue weighted by molar-refractivity contribution is 0.282. The van der Waals surface area contributed by atoms with Gasteiger partial charge in [-0.2, -0.15) is 0 Å². The van der Waals surface area contributed by atoms with Gasteiger partial charge in [-0.25, -0.2) is 4.98 Å². The van der Waals surface area contributed by atoms with Crippen molar-refractivity contribution in [1.29, 1.82) is 0 Å². The second-order valence-electron chi connectivity index (χ2n) is 5.68. The first-order chi connectivity index (χ1) is 9.83. The van der Waals surface area contributed by atoms with Gasteiger partial charge in [0.2, 0.25) is 0 Å². The summed E-state index contributed by atoms with van der Waals surface area (Å²) in [6, 6.07) is 4.56. The van der Waals surface area contributed by atoms with Crippen molar-refractivity contribution >= 4 is 11.3 Å². The number of thiazole rings is 1. The van der Waals surface area contributed by atoms with Gasteiger partial charge >= 0.3 is 0 Å². The smallest absolute Gasteiger partial charge is 0.153 e. The Labute approximate surface area is 124 Å². The van der Waals surface area contributed by atoms with E-state index in [-0.39, 0.29) is 0 Å². The van der Waals surface area contributed by atoms with Crippen LogP contribution in [0.25, 0.3) is 11.5 Å². The summed E-state index contributed by atoms with van der Waals surface area (Å²) in [6.07, 6.45) is 8.18. The summed E-state index contributed by atoms with van der Waals surface area (Å²) in [5.41, 5.74) is 0.959. The zero-order chi connectivity index (χ0) is 13.8. The summed E-state index contributed by atoms with van der Waals surface area (Å²) in [4.78, 5) is 4.64. The van der Waals surface area contributed by atoms with Crippen LogP contribution in [0.5, 0.6) is 0 Å². The van der Waals surface area contributed by atoms with Crippen LogP contribution in [0.2, 0.25) is 0 Å².